The Morgan fingerprint density at radius 2 is 1.91 bits per heavy atom. The molecule has 0 amide bonds. The Bertz CT molecular complexity index is 833. The van der Waals surface area contributed by atoms with Crippen molar-refractivity contribution >= 4 is 10.1 Å². The molecule has 124 valence electrons. The first-order chi connectivity index (χ1) is 12.1. The van der Waals surface area contributed by atoms with E-state index in [-0.39, 0.29) is 18.3 Å². The number of hydrogen-bond donors (Lipinski definition) is 0. The van der Waals surface area contributed by atoms with Crippen molar-refractivity contribution < 1.29 is 21.5 Å². The molecule has 0 bridgehead atoms. The summed E-state index contributed by atoms with van der Waals surface area (Å²) in [6, 6.07) is 14.7. The SMILES string of the molecule is [2H]C([2H])([2H])Oc1ccc(C)cc1C(CCOS(C)(=O)=O)c1ccccc1. The van der Waals surface area contributed by atoms with Crippen LogP contribution in [-0.4, -0.2) is 28.3 Å². The molecule has 0 aliphatic carbocycles. The van der Waals surface area contributed by atoms with Gasteiger partial charge in [0, 0.05) is 11.5 Å². The Hall–Kier alpha value is -1.85. The second-order valence-electron chi connectivity index (χ2n) is 5.42. The van der Waals surface area contributed by atoms with E-state index >= 15 is 0 Å². The summed E-state index contributed by atoms with van der Waals surface area (Å²) >= 11 is 0. The van der Waals surface area contributed by atoms with Gasteiger partial charge in [-0.1, -0.05) is 48.0 Å². The largest absolute Gasteiger partial charge is 0.496 e. The lowest BCUT2D eigenvalue weighted by Crippen LogP contribution is -2.10. The van der Waals surface area contributed by atoms with Crippen molar-refractivity contribution in [3.05, 3.63) is 65.2 Å². The Morgan fingerprint density at radius 3 is 2.57 bits per heavy atom. The first-order valence-corrected chi connectivity index (χ1v) is 9.06. The van der Waals surface area contributed by atoms with Crippen molar-refractivity contribution in [2.75, 3.05) is 19.9 Å². The number of benzene rings is 2. The van der Waals surface area contributed by atoms with Gasteiger partial charge in [-0.2, -0.15) is 8.42 Å². The fourth-order valence-electron chi connectivity index (χ4n) is 2.54. The maximum atomic E-state index is 11.3. The Morgan fingerprint density at radius 1 is 1.17 bits per heavy atom. The number of hydrogen-bond acceptors (Lipinski definition) is 4. The molecule has 0 fully saturated rings. The second kappa shape index (κ2) is 7.62. The standard InChI is InChI=1S/C18H22O4S/c1-14-9-10-18(21-2)17(13-14)16(11-12-22-23(3,19)20)15-7-5-4-6-8-15/h4-10,13,16H,11-12H2,1-3H3/i2D3. The van der Waals surface area contributed by atoms with Crippen molar-refractivity contribution in [3.8, 4) is 5.75 Å². The molecule has 23 heavy (non-hydrogen) atoms. The topological polar surface area (TPSA) is 52.6 Å². The molecule has 0 N–H and O–H groups in total. The summed E-state index contributed by atoms with van der Waals surface area (Å²) in [5, 5.41) is 0. The average molecular weight is 337 g/mol. The predicted molar refractivity (Wildman–Crippen MR) is 91.4 cm³/mol. The van der Waals surface area contributed by atoms with Crippen molar-refractivity contribution in [3.63, 3.8) is 0 Å². The van der Waals surface area contributed by atoms with Crippen LogP contribution in [0.15, 0.2) is 48.5 Å². The van der Waals surface area contributed by atoms with Crippen molar-refractivity contribution in [2.45, 2.75) is 19.3 Å². The summed E-state index contributed by atoms with van der Waals surface area (Å²) in [6.45, 7) is 1.89. The van der Waals surface area contributed by atoms with Crippen LogP contribution in [0.25, 0.3) is 0 Å². The van der Waals surface area contributed by atoms with Crippen LogP contribution in [-0.2, 0) is 14.3 Å². The molecule has 0 heterocycles. The van der Waals surface area contributed by atoms with Crippen molar-refractivity contribution in [2.24, 2.45) is 0 Å². The molecule has 0 radical (unpaired) electrons. The molecular weight excluding hydrogens is 312 g/mol. The minimum Gasteiger partial charge on any atom is -0.496 e. The van der Waals surface area contributed by atoms with Gasteiger partial charge in [0.05, 0.1) is 24.0 Å². The van der Waals surface area contributed by atoms with Gasteiger partial charge in [-0.05, 0) is 25.0 Å². The summed E-state index contributed by atoms with van der Waals surface area (Å²) in [5.41, 5.74) is 2.55. The molecular formula is C18H22O4S. The van der Waals surface area contributed by atoms with Gasteiger partial charge >= 0.3 is 0 Å². The molecule has 4 nitrogen and oxygen atoms in total. The Balaban J connectivity index is 2.42. The Labute approximate surface area is 142 Å². The monoisotopic (exact) mass is 337 g/mol. The highest BCUT2D eigenvalue weighted by molar-refractivity contribution is 7.85. The fourth-order valence-corrected chi connectivity index (χ4v) is 2.94. The van der Waals surface area contributed by atoms with E-state index in [4.69, 9.17) is 13.0 Å². The fraction of sp³-hybridized carbons (Fsp3) is 0.333. The van der Waals surface area contributed by atoms with Gasteiger partial charge in [-0.25, -0.2) is 0 Å². The number of methoxy groups -OCH3 is 1. The molecule has 0 spiro atoms. The van der Waals surface area contributed by atoms with Crippen LogP contribution in [0.2, 0.25) is 0 Å². The predicted octanol–water partition coefficient (Wildman–Crippen LogP) is 3.50. The van der Waals surface area contributed by atoms with E-state index in [2.05, 4.69) is 0 Å². The lowest BCUT2D eigenvalue weighted by atomic mass is 9.87. The Kier molecular flexibility index (Phi) is 4.50. The third kappa shape index (κ3) is 5.08. The highest BCUT2D eigenvalue weighted by Gasteiger charge is 2.19. The second-order valence-corrected chi connectivity index (χ2v) is 7.07. The molecule has 1 atom stereocenters. The third-order valence-corrected chi connectivity index (χ3v) is 4.15. The molecule has 5 heteroatoms. The normalized spacial score (nSPS) is 15.3. The maximum Gasteiger partial charge on any atom is 0.264 e. The molecule has 2 aromatic rings. The van der Waals surface area contributed by atoms with Crippen LogP contribution in [0.4, 0.5) is 0 Å². The number of aryl methyl sites for hydroxylation is 1. The van der Waals surface area contributed by atoms with Crippen LogP contribution in [0.3, 0.4) is 0 Å². The quantitative estimate of drug-likeness (QED) is 0.726. The summed E-state index contributed by atoms with van der Waals surface area (Å²) in [6.07, 6.45) is 1.36. The molecule has 0 aliphatic heterocycles. The molecule has 1 unspecified atom stereocenters. The van der Waals surface area contributed by atoms with Gasteiger partial charge in [-0.3, -0.25) is 4.18 Å². The first kappa shape index (κ1) is 13.6. The van der Waals surface area contributed by atoms with Crippen LogP contribution < -0.4 is 4.74 Å². The first-order valence-electron chi connectivity index (χ1n) is 8.74. The van der Waals surface area contributed by atoms with Crippen molar-refractivity contribution in [1.29, 1.82) is 0 Å². The van der Waals surface area contributed by atoms with Gasteiger partial charge < -0.3 is 4.74 Å². The van der Waals surface area contributed by atoms with E-state index in [0.29, 0.717) is 12.0 Å². The van der Waals surface area contributed by atoms with Crippen LogP contribution in [0, 0.1) is 6.92 Å². The van der Waals surface area contributed by atoms with Crippen LogP contribution in [0.1, 0.15) is 33.1 Å². The van der Waals surface area contributed by atoms with Gasteiger partial charge in [0.25, 0.3) is 10.1 Å². The summed E-state index contributed by atoms with van der Waals surface area (Å²) < 4.78 is 54.8. The van der Waals surface area contributed by atoms with E-state index in [1.54, 1.807) is 12.1 Å². The molecule has 0 aromatic heterocycles. The van der Waals surface area contributed by atoms with Gasteiger partial charge in [0.15, 0.2) is 0 Å². The molecule has 0 saturated heterocycles. The zero-order valence-corrected chi connectivity index (χ0v) is 14.0. The molecule has 2 rings (SSSR count). The minimum absolute atomic E-state index is 0.0143. The lowest BCUT2D eigenvalue weighted by molar-refractivity contribution is 0.307. The average Bonchev–Trinajstić information content (AvgIpc) is 2.52. The number of rotatable bonds is 7. The van der Waals surface area contributed by atoms with E-state index in [1.807, 2.05) is 43.3 Å². The summed E-state index contributed by atoms with van der Waals surface area (Å²) in [7, 11) is -6.13. The maximum absolute atomic E-state index is 11.3. The molecule has 0 aliphatic rings. The third-order valence-electron chi connectivity index (χ3n) is 3.56. The van der Waals surface area contributed by atoms with Crippen LogP contribution in [0.5, 0.6) is 5.75 Å². The summed E-state index contributed by atoms with van der Waals surface area (Å²) in [4.78, 5) is 0. The van der Waals surface area contributed by atoms with E-state index in [0.717, 1.165) is 17.4 Å². The van der Waals surface area contributed by atoms with Crippen molar-refractivity contribution in [1.82, 2.24) is 0 Å². The zero-order valence-electron chi connectivity index (χ0n) is 16.2. The summed E-state index contributed by atoms with van der Waals surface area (Å²) in [5.74, 6) is -0.0148. The number of ether oxygens (including phenoxy) is 1. The van der Waals surface area contributed by atoms with E-state index in [1.165, 1.54) is 0 Å². The minimum atomic E-state index is -3.55. The zero-order chi connectivity index (χ0) is 19.4. The van der Waals surface area contributed by atoms with E-state index in [9.17, 15) is 8.42 Å². The van der Waals surface area contributed by atoms with Crippen LogP contribution >= 0.6 is 0 Å². The van der Waals surface area contributed by atoms with E-state index < -0.39 is 17.2 Å². The van der Waals surface area contributed by atoms with Gasteiger partial charge in [0.1, 0.15) is 5.75 Å². The smallest absolute Gasteiger partial charge is 0.264 e. The van der Waals surface area contributed by atoms with Gasteiger partial charge in [0.2, 0.25) is 0 Å². The highest BCUT2D eigenvalue weighted by atomic mass is 32.2. The lowest BCUT2D eigenvalue weighted by Gasteiger charge is -2.21. The molecule has 0 saturated carbocycles. The highest BCUT2D eigenvalue weighted by Crippen LogP contribution is 2.35. The molecule has 2 aromatic carbocycles. The van der Waals surface area contributed by atoms with Gasteiger partial charge in [-0.15, -0.1) is 0 Å².